The Morgan fingerprint density at radius 3 is 2.03 bits per heavy atom. The lowest BCUT2D eigenvalue weighted by Gasteiger charge is -2.40. The van der Waals surface area contributed by atoms with E-state index in [0.717, 1.165) is 18.0 Å². The van der Waals surface area contributed by atoms with Crippen molar-refractivity contribution in [2.45, 2.75) is 19.0 Å². The number of carbonyl (C=O) groups is 1. The zero-order valence-corrected chi connectivity index (χ0v) is 20.5. The van der Waals surface area contributed by atoms with Gasteiger partial charge in [0.15, 0.2) is 0 Å². The molecule has 1 amide bonds. The van der Waals surface area contributed by atoms with Gasteiger partial charge in [-0.2, -0.15) is 5.10 Å². The lowest BCUT2D eigenvalue weighted by molar-refractivity contribution is -0.136. The lowest BCUT2D eigenvalue weighted by atomic mass is 9.96. The SMILES string of the molecule is CC(C(=O)N1CCN(C(c2ccccc2)c2ccccc2)CC1)n1nc(-c2cccs2)ccc1=O. The lowest BCUT2D eigenvalue weighted by Crippen LogP contribution is -2.51. The molecule has 2 aromatic carbocycles. The predicted octanol–water partition coefficient (Wildman–Crippen LogP) is 4.47. The Labute approximate surface area is 209 Å². The van der Waals surface area contributed by atoms with E-state index >= 15 is 0 Å². The van der Waals surface area contributed by atoms with Crippen molar-refractivity contribution < 1.29 is 4.79 Å². The van der Waals surface area contributed by atoms with Crippen LogP contribution in [0.15, 0.2) is 95.1 Å². The predicted molar refractivity (Wildman–Crippen MR) is 139 cm³/mol. The van der Waals surface area contributed by atoms with Crippen LogP contribution in [0.3, 0.4) is 0 Å². The van der Waals surface area contributed by atoms with Gasteiger partial charge in [0.05, 0.1) is 10.9 Å². The van der Waals surface area contributed by atoms with Gasteiger partial charge in [0.25, 0.3) is 5.56 Å². The summed E-state index contributed by atoms with van der Waals surface area (Å²) in [7, 11) is 0. The molecule has 1 atom stereocenters. The first kappa shape index (κ1) is 23.2. The van der Waals surface area contributed by atoms with Gasteiger partial charge in [-0.1, -0.05) is 66.7 Å². The first-order valence-corrected chi connectivity index (χ1v) is 12.8. The minimum absolute atomic E-state index is 0.0708. The Morgan fingerprint density at radius 2 is 1.46 bits per heavy atom. The summed E-state index contributed by atoms with van der Waals surface area (Å²) in [4.78, 5) is 31.2. The molecule has 5 rings (SSSR count). The fraction of sp³-hybridized carbons (Fsp3) is 0.250. The fourth-order valence-corrected chi connectivity index (χ4v) is 5.40. The van der Waals surface area contributed by atoms with Crippen molar-refractivity contribution in [3.8, 4) is 10.6 Å². The van der Waals surface area contributed by atoms with Crippen LogP contribution in [0.4, 0.5) is 0 Å². The Kier molecular flexibility index (Phi) is 6.88. The first-order valence-electron chi connectivity index (χ1n) is 11.9. The summed E-state index contributed by atoms with van der Waals surface area (Å²) >= 11 is 1.56. The van der Waals surface area contributed by atoms with E-state index in [9.17, 15) is 9.59 Å². The van der Waals surface area contributed by atoms with Crippen LogP contribution in [0, 0.1) is 0 Å². The normalized spacial score (nSPS) is 15.3. The number of hydrogen-bond donors (Lipinski definition) is 0. The second-order valence-electron chi connectivity index (χ2n) is 8.74. The van der Waals surface area contributed by atoms with Crippen LogP contribution in [0.2, 0.25) is 0 Å². The third kappa shape index (κ3) is 4.97. The molecular formula is C28H28N4O2S. The topological polar surface area (TPSA) is 58.4 Å². The summed E-state index contributed by atoms with van der Waals surface area (Å²) in [5.41, 5.74) is 2.93. The number of thiophene rings is 1. The quantitative estimate of drug-likeness (QED) is 0.405. The zero-order chi connectivity index (χ0) is 24.2. The number of hydrogen-bond acceptors (Lipinski definition) is 5. The number of piperazine rings is 1. The number of nitrogens with zero attached hydrogens (tertiary/aromatic N) is 4. The largest absolute Gasteiger partial charge is 0.338 e. The molecule has 0 bridgehead atoms. The molecule has 1 fully saturated rings. The Morgan fingerprint density at radius 1 is 0.829 bits per heavy atom. The zero-order valence-electron chi connectivity index (χ0n) is 19.7. The van der Waals surface area contributed by atoms with Crippen LogP contribution in [0.5, 0.6) is 0 Å². The standard InChI is InChI=1S/C28H28N4O2S/c1-21(32-26(33)15-14-24(29-32)25-13-8-20-35-25)28(34)31-18-16-30(17-19-31)27(22-9-4-2-5-10-22)23-11-6-3-7-12-23/h2-15,20-21,27H,16-19H2,1H3. The molecule has 4 aromatic rings. The molecule has 0 aliphatic carbocycles. The van der Waals surface area contributed by atoms with E-state index < -0.39 is 6.04 Å². The van der Waals surface area contributed by atoms with Crippen LogP contribution < -0.4 is 5.56 Å². The van der Waals surface area contributed by atoms with Crippen LogP contribution in [-0.2, 0) is 4.79 Å². The van der Waals surface area contributed by atoms with Crippen LogP contribution >= 0.6 is 11.3 Å². The molecule has 1 aliphatic rings. The van der Waals surface area contributed by atoms with Crippen molar-refractivity contribution in [2.24, 2.45) is 0 Å². The Hall–Kier alpha value is -3.55. The van der Waals surface area contributed by atoms with E-state index in [0.29, 0.717) is 18.8 Å². The van der Waals surface area contributed by atoms with Crippen molar-refractivity contribution in [1.82, 2.24) is 19.6 Å². The van der Waals surface area contributed by atoms with Crippen molar-refractivity contribution >= 4 is 17.2 Å². The van der Waals surface area contributed by atoms with Gasteiger partial charge in [-0.3, -0.25) is 14.5 Å². The number of aromatic nitrogens is 2. The fourth-order valence-electron chi connectivity index (χ4n) is 4.71. The van der Waals surface area contributed by atoms with Gasteiger partial charge in [0.1, 0.15) is 11.7 Å². The molecule has 6 nitrogen and oxygen atoms in total. The van der Waals surface area contributed by atoms with Crippen LogP contribution in [0.25, 0.3) is 10.6 Å². The van der Waals surface area contributed by atoms with Crippen LogP contribution in [0.1, 0.15) is 30.1 Å². The summed E-state index contributed by atoms with van der Waals surface area (Å²) in [5.74, 6) is -0.0708. The summed E-state index contributed by atoms with van der Waals surface area (Å²) in [6.45, 7) is 4.49. The van der Waals surface area contributed by atoms with E-state index in [2.05, 4.69) is 58.5 Å². The third-order valence-electron chi connectivity index (χ3n) is 6.54. The van der Waals surface area contributed by atoms with E-state index in [1.807, 2.05) is 34.5 Å². The van der Waals surface area contributed by atoms with Crippen molar-refractivity contribution in [3.63, 3.8) is 0 Å². The Balaban J connectivity index is 1.31. The highest BCUT2D eigenvalue weighted by molar-refractivity contribution is 7.13. The van der Waals surface area contributed by atoms with Crippen LogP contribution in [-0.4, -0.2) is 51.7 Å². The molecule has 0 saturated carbocycles. The van der Waals surface area contributed by atoms with Gasteiger partial charge in [-0.05, 0) is 35.6 Å². The van der Waals surface area contributed by atoms with Crippen molar-refractivity contribution in [1.29, 1.82) is 0 Å². The molecule has 178 valence electrons. The second kappa shape index (κ2) is 10.4. The monoisotopic (exact) mass is 484 g/mol. The smallest absolute Gasteiger partial charge is 0.267 e. The number of carbonyl (C=O) groups excluding carboxylic acids is 1. The average molecular weight is 485 g/mol. The highest BCUT2D eigenvalue weighted by Crippen LogP contribution is 2.30. The average Bonchev–Trinajstić information content (AvgIpc) is 3.45. The molecule has 2 aromatic heterocycles. The number of amides is 1. The van der Waals surface area contributed by atoms with Gasteiger partial charge in [0, 0.05) is 32.2 Å². The highest BCUT2D eigenvalue weighted by Gasteiger charge is 2.31. The van der Waals surface area contributed by atoms with E-state index in [4.69, 9.17) is 0 Å². The molecule has 7 heteroatoms. The highest BCUT2D eigenvalue weighted by atomic mass is 32.1. The van der Waals surface area contributed by atoms with Gasteiger partial charge >= 0.3 is 0 Å². The molecule has 0 radical (unpaired) electrons. The van der Waals surface area contributed by atoms with Crippen molar-refractivity contribution in [2.75, 3.05) is 26.2 Å². The third-order valence-corrected chi connectivity index (χ3v) is 7.44. The van der Waals surface area contributed by atoms with Gasteiger partial charge < -0.3 is 4.90 Å². The Bertz CT molecular complexity index is 1270. The van der Waals surface area contributed by atoms with Gasteiger partial charge in [-0.25, -0.2) is 4.68 Å². The van der Waals surface area contributed by atoms with E-state index in [-0.39, 0.29) is 17.5 Å². The van der Waals surface area contributed by atoms with Gasteiger partial charge in [0.2, 0.25) is 5.91 Å². The molecule has 0 spiro atoms. The van der Waals surface area contributed by atoms with Gasteiger partial charge in [-0.15, -0.1) is 11.3 Å². The molecule has 0 N–H and O–H groups in total. The van der Waals surface area contributed by atoms with E-state index in [1.165, 1.54) is 21.9 Å². The molecule has 1 unspecified atom stereocenters. The summed E-state index contributed by atoms with van der Waals surface area (Å²) < 4.78 is 1.32. The maximum absolute atomic E-state index is 13.4. The number of rotatable bonds is 6. The maximum Gasteiger partial charge on any atom is 0.267 e. The molecular weight excluding hydrogens is 456 g/mol. The second-order valence-corrected chi connectivity index (χ2v) is 9.69. The summed E-state index contributed by atoms with van der Waals surface area (Å²) in [5, 5.41) is 6.48. The minimum atomic E-state index is -0.659. The molecule has 35 heavy (non-hydrogen) atoms. The summed E-state index contributed by atoms with van der Waals surface area (Å²) in [6, 6.07) is 27.6. The molecule has 3 heterocycles. The molecule has 1 saturated heterocycles. The summed E-state index contributed by atoms with van der Waals surface area (Å²) in [6.07, 6.45) is 0. The van der Waals surface area contributed by atoms with Crippen molar-refractivity contribution in [3.05, 3.63) is 112 Å². The minimum Gasteiger partial charge on any atom is -0.338 e. The number of benzene rings is 2. The van der Waals surface area contributed by atoms with E-state index in [1.54, 1.807) is 24.3 Å². The first-order chi connectivity index (χ1) is 17.1. The molecule has 1 aliphatic heterocycles. The maximum atomic E-state index is 13.4.